The van der Waals surface area contributed by atoms with E-state index < -0.39 is 0 Å². The van der Waals surface area contributed by atoms with Gasteiger partial charge >= 0.3 is 0 Å². The first kappa shape index (κ1) is 17.9. The molecule has 6 heteroatoms. The summed E-state index contributed by atoms with van der Waals surface area (Å²) < 4.78 is 0. The second-order valence-corrected chi connectivity index (χ2v) is 7.96. The van der Waals surface area contributed by atoms with Crippen LogP contribution in [-0.4, -0.2) is 34.9 Å². The molecule has 1 aromatic heterocycles. The Hall–Kier alpha value is -2.47. The molecule has 1 aliphatic heterocycles. The maximum atomic E-state index is 12.4. The van der Waals surface area contributed by atoms with Gasteiger partial charge in [-0.3, -0.25) is 4.79 Å². The Morgan fingerprint density at radius 3 is 2.67 bits per heavy atom. The first-order valence-electron chi connectivity index (χ1n) is 9.77. The largest absolute Gasteiger partial charge is 0.370 e. The van der Waals surface area contributed by atoms with Crippen LogP contribution in [0.4, 0.5) is 17.3 Å². The summed E-state index contributed by atoms with van der Waals surface area (Å²) >= 11 is 0. The predicted molar refractivity (Wildman–Crippen MR) is 107 cm³/mol. The van der Waals surface area contributed by atoms with Crippen molar-refractivity contribution in [2.75, 3.05) is 23.3 Å². The summed E-state index contributed by atoms with van der Waals surface area (Å²) in [5.74, 6) is 0.949. The minimum absolute atomic E-state index is 0.126. The molecule has 2 heterocycles. The number of carbonyl (C=O) groups is 1. The lowest BCUT2D eigenvalue weighted by Crippen LogP contribution is -2.26. The third kappa shape index (κ3) is 3.67. The van der Waals surface area contributed by atoms with Crippen LogP contribution in [0.3, 0.4) is 0 Å². The molecule has 0 amide bonds. The third-order valence-electron chi connectivity index (χ3n) is 5.56. The first-order chi connectivity index (χ1) is 13.0. The molecule has 2 aromatic rings. The molecule has 3 N–H and O–H groups in total. The van der Waals surface area contributed by atoms with Crippen LogP contribution in [-0.2, 0) is 11.2 Å². The molecule has 1 aliphatic carbocycles. The zero-order valence-corrected chi connectivity index (χ0v) is 16.0. The van der Waals surface area contributed by atoms with Crippen molar-refractivity contribution in [2.45, 2.75) is 45.1 Å². The lowest BCUT2D eigenvalue weighted by atomic mass is 9.79. The number of ketones is 1. The number of nitrogens with two attached hydrogens (primary N) is 1. The summed E-state index contributed by atoms with van der Waals surface area (Å²) in [5.41, 5.74) is 10.1. The maximum absolute atomic E-state index is 12.4. The van der Waals surface area contributed by atoms with E-state index in [1.54, 1.807) is 0 Å². The van der Waals surface area contributed by atoms with Crippen LogP contribution in [0.25, 0.3) is 0 Å². The fourth-order valence-corrected chi connectivity index (χ4v) is 4.10. The zero-order valence-electron chi connectivity index (χ0n) is 16.0. The summed E-state index contributed by atoms with van der Waals surface area (Å²) in [6, 6.07) is 8.53. The van der Waals surface area contributed by atoms with Crippen LogP contribution in [0, 0.1) is 5.92 Å². The Balaban J connectivity index is 1.52. The topological polar surface area (TPSA) is 84.1 Å². The van der Waals surface area contributed by atoms with Gasteiger partial charge in [-0.25, -0.2) is 9.97 Å². The van der Waals surface area contributed by atoms with Gasteiger partial charge in [0.15, 0.2) is 0 Å². The number of carbonyl (C=O) groups excluding carboxylic acids is 1. The minimum atomic E-state index is -0.126. The van der Waals surface area contributed by atoms with E-state index in [0.29, 0.717) is 12.4 Å². The van der Waals surface area contributed by atoms with E-state index in [0.717, 1.165) is 42.9 Å². The van der Waals surface area contributed by atoms with E-state index in [4.69, 9.17) is 10.7 Å². The highest BCUT2D eigenvalue weighted by Gasteiger charge is 2.32. The van der Waals surface area contributed by atoms with Crippen molar-refractivity contribution in [3.05, 3.63) is 41.7 Å². The molecule has 0 saturated carbocycles. The fourth-order valence-electron chi connectivity index (χ4n) is 4.10. The molecule has 142 valence electrons. The van der Waals surface area contributed by atoms with Crippen molar-refractivity contribution in [2.24, 2.45) is 11.7 Å². The quantitative estimate of drug-likeness (QED) is 0.866. The number of anilines is 3. The molecule has 0 spiro atoms. The van der Waals surface area contributed by atoms with E-state index in [1.807, 2.05) is 18.3 Å². The SMILES string of the molecule is CC(C)C1C(=O)CCc2cnc(Nc3ccc(N4CCC(N)C4)cc3)nc21. The summed E-state index contributed by atoms with van der Waals surface area (Å²) in [7, 11) is 0. The van der Waals surface area contributed by atoms with E-state index in [2.05, 4.69) is 41.2 Å². The molecule has 0 radical (unpaired) electrons. The van der Waals surface area contributed by atoms with Gasteiger partial charge in [-0.1, -0.05) is 13.8 Å². The van der Waals surface area contributed by atoms with Gasteiger partial charge in [0, 0.05) is 43.1 Å². The van der Waals surface area contributed by atoms with Gasteiger partial charge < -0.3 is 16.0 Å². The highest BCUT2D eigenvalue weighted by atomic mass is 16.1. The van der Waals surface area contributed by atoms with Crippen LogP contribution >= 0.6 is 0 Å². The van der Waals surface area contributed by atoms with Gasteiger partial charge in [0.2, 0.25) is 5.95 Å². The van der Waals surface area contributed by atoms with Crippen LogP contribution in [0.5, 0.6) is 0 Å². The minimum Gasteiger partial charge on any atom is -0.370 e. The molecule has 2 unspecified atom stereocenters. The average molecular weight is 365 g/mol. The Labute approximate surface area is 160 Å². The molecular weight excluding hydrogens is 338 g/mol. The Kier molecular flexibility index (Phi) is 4.83. The van der Waals surface area contributed by atoms with Gasteiger partial charge in [0.05, 0.1) is 11.6 Å². The Bertz CT molecular complexity index is 833. The maximum Gasteiger partial charge on any atom is 0.227 e. The van der Waals surface area contributed by atoms with Crippen molar-refractivity contribution in [3.63, 3.8) is 0 Å². The van der Waals surface area contributed by atoms with Crippen LogP contribution in [0.2, 0.25) is 0 Å². The highest BCUT2D eigenvalue weighted by Crippen LogP contribution is 2.33. The lowest BCUT2D eigenvalue weighted by molar-refractivity contribution is -0.121. The molecule has 2 aliphatic rings. The third-order valence-corrected chi connectivity index (χ3v) is 5.56. The summed E-state index contributed by atoms with van der Waals surface area (Å²) in [6.07, 6.45) is 4.24. The van der Waals surface area contributed by atoms with E-state index in [-0.39, 0.29) is 23.7 Å². The highest BCUT2D eigenvalue weighted by molar-refractivity contribution is 5.87. The van der Waals surface area contributed by atoms with Gasteiger partial charge in [-0.2, -0.15) is 0 Å². The van der Waals surface area contributed by atoms with E-state index >= 15 is 0 Å². The molecule has 1 aromatic carbocycles. The number of rotatable bonds is 4. The predicted octanol–water partition coefficient (Wildman–Crippen LogP) is 3.01. The zero-order chi connectivity index (χ0) is 19.0. The number of aromatic nitrogens is 2. The number of nitrogens with zero attached hydrogens (tertiary/aromatic N) is 3. The number of Topliss-reactive ketones (excluding diaryl/α,β-unsaturated/α-hetero) is 1. The van der Waals surface area contributed by atoms with Gasteiger partial charge in [0.1, 0.15) is 5.78 Å². The average Bonchev–Trinajstić information content (AvgIpc) is 3.08. The molecule has 2 atom stereocenters. The first-order valence-corrected chi connectivity index (χ1v) is 9.77. The molecule has 1 saturated heterocycles. The van der Waals surface area contributed by atoms with Crippen molar-refractivity contribution in [1.82, 2.24) is 9.97 Å². The van der Waals surface area contributed by atoms with E-state index in [9.17, 15) is 4.79 Å². The fraction of sp³-hybridized carbons (Fsp3) is 0.476. The smallest absolute Gasteiger partial charge is 0.227 e. The summed E-state index contributed by atoms with van der Waals surface area (Å²) in [4.78, 5) is 23.8. The standard InChI is InChI=1S/C21H27N5O/c1-13(2)19-18(27)8-3-14-11-23-21(25-20(14)19)24-16-4-6-17(7-5-16)26-10-9-15(22)12-26/h4-7,11,13,15,19H,3,8-10,12,22H2,1-2H3,(H,23,24,25). The normalized spacial score (nSPS) is 22.2. The van der Waals surface area contributed by atoms with Crippen molar-refractivity contribution in [1.29, 1.82) is 0 Å². The Morgan fingerprint density at radius 1 is 1.22 bits per heavy atom. The summed E-state index contributed by atoms with van der Waals surface area (Å²) in [5, 5.41) is 3.28. The molecule has 4 rings (SSSR count). The van der Waals surface area contributed by atoms with Crippen molar-refractivity contribution < 1.29 is 4.79 Å². The van der Waals surface area contributed by atoms with Crippen LogP contribution in [0.1, 0.15) is 43.9 Å². The van der Waals surface area contributed by atoms with Crippen LogP contribution in [0.15, 0.2) is 30.5 Å². The van der Waals surface area contributed by atoms with E-state index in [1.165, 1.54) is 5.69 Å². The molecule has 1 fully saturated rings. The Morgan fingerprint density at radius 2 is 2.00 bits per heavy atom. The van der Waals surface area contributed by atoms with Crippen molar-refractivity contribution >= 4 is 23.1 Å². The molecule has 6 nitrogen and oxygen atoms in total. The monoisotopic (exact) mass is 365 g/mol. The lowest BCUT2D eigenvalue weighted by Gasteiger charge is -2.26. The summed E-state index contributed by atoms with van der Waals surface area (Å²) in [6.45, 7) is 6.07. The van der Waals surface area contributed by atoms with Crippen LogP contribution < -0.4 is 16.0 Å². The second kappa shape index (κ2) is 7.27. The number of benzene rings is 1. The van der Waals surface area contributed by atoms with Crippen molar-refractivity contribution in [3.8, 4) is 0 Å². The molecule has 27 heavy (non-hydrogen) atoms. The molecule has 0 bridgehead atoms. The number of hydrogen-bond donors (Lipinski definition) is 2. The molecular formula is C21H27N5O. The number of fused-ring (bicyclic) bond motifs is 1. The number of hydrogen-bond acceptors (Lipinski definition) is 6. The second-order valence-electron chi connectivity index (χ2n) is 7.96. The van der Waals surface area contributed by atoms with Gasteiger partial charge in [-0.05, 0) is 48.6 Å². The number of aryl methyl sites for hydroxylation is 1. The van der Waals surface area contributed by atoms with Gasteiger partial charge in [0.25, 0.3) is 0 Å². The number of nitrogens with one attached hydrogen (secondary N) is 1. The van der Waals surface area contributed by atoms with Gasteiger partial charge in [-0.15, -0.1) is 0 Å².